The van der Waals surface area contributed by atoms with Crippen molar-refractivity contribution >= 4 is 5.91 Å². The summed E-state index contributed by atoms with van der Waals surface area (Å²) in [7, 11) is 1.71. The fraction of sp³-hybridized carbons (Fsp3) is 0.571. The number of nitrogens with zero attached hydrogens (tertiary/aromatic N) is 2. The van der Waals surface area contributed by atoms with Gasteiger partial charge in [-0.15, -0.1) is 0 Å². The van der Waals surface area contributed by atoms with Crippen LogP contribution in [-0.2, 0) is 4.74 Å². The molecule has 1 aromatic heterocycles. The number of likely N-dealkylation sites (tertiary alicyclic amines) is 1. The van der Waals surface area contributed by atoms with Crippen molar-refractivity contribution in [3.8, 4) is 0 Å². The van der Waals surface area contributed by atoms with Gasteiger partial charge in [-0.2, -0.15) is 0 Å². The van der Waals surface area contributed by atoms with E-state index in [-0.39, 0.29) is 11.9 Å². The Morgan fingerprint density at radius 2 is 2.53 bits per heavy atom. The summed E-state index contributed by atoms with van der Waals surface area (Å²) in [6, 6.07) is 3.78. The standard InChI is InChI=1S/C14H21N3O2/c1-19-9-8-17-7-3-5-13(11-17)16-14(18)12-4-2-6-15-10-12/h2,4,6,10,13H,3,5,7-9,11H2,1H3,(H,16,18)/t13-/m0/s1. The van der Waals surface area contributed by atoms with Crippen molar-refractivity contribution in [1.29, 1.82) is 0 Å². The molecule has 1 amide bonds. The van der Waals surface area contributed by atoms with Crippen molar-refractivity contribution < 1.29 is 9.53 Å². The molecular weight excluding hydrogens is 242 g/mol. The van der Waals surface area contributed by atoms with Gasteiger partial charge in [0.05, 0.1) is 12.2 Å². The van der Waals surface area contributed by atoms with Gasteiger partial charge >= 0.3 is 0 Å². The fourth-order valence-electron chi connectivity index (χ4n) is 2.36. The Labute approximate surface area is 114 Å². The van der Waals surface area contributed by atoms with Gasteiger partial charge in [0.1, 0.15) is 0 Å². The number of hydrogen-bond donors (Lipinski definition) is 1. The van der Waals surface area contributed by atoms with Gasteiger partial charge in [-0.1, -0.05) is 0 Å². The Bertz CT molecular complexity index is 397. The highest BCUT2D eigenvalue weighted by Crippen LogP contribution is 2.10. The van der Waals surface area contributed by atoms with E-state index in [1.165, 1.54) is 0 Å². The first-order valence-corrected chi connectivity index (χ1v) is 6.72. The third kappa shape index (κ3) is 4.29. The molecule has 1 aliphatic rings. The lowest BCUT2D eigenvalue weighted by atomic mass is 10.1. The van der Waals surface area contributed by atoms with E-state index in [2.05, 4.69) is 15.2 Å². The summed E-state index contributed by atoms with van der Waals surface area (Å²) in [5, 5.41) is 3.08. The molecule has 0 aliphatic carbocycles. The van der Waals surface area contributed by atoms with Crippen molar-refractivity contribution in [2.45, 2.75) is 18.9 Å². The number of amides is 1. The van der Waals surface area contributed by atoms with Crippen molar-refractivity contribution in [2.75, 3.05) is 33.4 Å². The quantitative estimate of drug-likeness (QED) is 0.858. The minimum atomic E-state index is -0.0355. The zero-order valence-electron chi connectivity index (χ0n) is 11.3. The van der Waals surface area contributed by atoms with Gasteiger partial charge in [-0.05, 0) is 31.5 Å². The molecule has 1 atom stereocenters. The van der Waals surface area contributed by atoms with E-state index in [0.29, 0.717) is 5.56 Å². The molecule has 1 aromatic rings. The Kier molecular flexibility index (Phi) is 5.30. The summed E-state index contributed by atoms with van der Waals surface area (Å²) in [5.74, 6) is -0.0355. The maximum Gasteiger partial charge on any atom is 0.253 e. The number of methoxy groups -OCH3 is 1. The number of carbonyl (C=O) groups excluding carboxylic acids is 1. The predicted octanol–water partition coefficient (Wildman–Crippen LogP) is 0.922. The van der Waals surface area contributed by atoms with Crippen molar-refractivity contribution in [3.63, 3.8) is 0 Å². The summed E-state index contributed by atoms with van der Waals surface area (Å²) in [6.07, 6.45) is 5.42. The smallest absolute Gasteiger partial charge is 0.253 e. The number of carbonyl (C=O) groups is 1. The van der Waals surface area contributed by atoms with E-state index in [4.69, 9.17) is 4.74 Å². The molecule has 19 heavy (non-hydrogen) atoms. The normalized spacial score (nSPS) is 20.2. The molecule has 0 radical (unpaired) electrons. The number of aromatic nitrogens is 1. The Morgan fingerprint density at radius 3 is 3.26 bits per heavy atom. The minimum absolute atomic E-state index is 0.0355. The maximum absolute atomic E-state index is 12.0. The maximum atomic E-state index is 12.0. The molecule has 104 valence electrons. The molecule has 0 spiro atoms. The van der Waals surface area contributed by atoms with Crippen LogP contribution in [0.2, 0.25) is 0 Å². The predicted molar refractivity (Wildman–Crippen MR) is 73.0 cm³/mol. The minimum Gasteiger partial charge on any atom is -0.383 e. The largest absolute Gasteiger partial charge is 0.383 e. The lowest BCUT2D eigenvalue weighted by molar-refractivity contribution is 0.0878. The van der Waals surface area contributed by atoms with Crippen LogP contribution in [0.15, 0.2) is 24.5 Å². The number of ether oxygens (including phenoxy) is 1. The van der Waals surface area contributed by atoms with E-state index in [9.17, 15) is 4.79 Å². The number of hydrogen-bond acceptors (Lipinski definition) is 4. The average Bonchev–Trinajstić information content (AvgIpc) is 2.46. The molecule has 5 nitrogen and oxygen atoms in total. The molecule has 2 rings (SSSR count). The van der Waals surface area contributed by atoms with E-state index in [1.807, 2.05) is 0 Å². The van der Waals surface area contributed by atoms with Gasteiger partial charge in [0.25, 0.3) is 5.91 Å². The van der Waals surface area contributed by atoms with Gasteiger partial charge in [0, 0.05) is 38.6 Å². The Hall–Kier alpha value is -1.46. The lowest BCUT2D eigenvalue weighted by Crippen LogP contribution is -2.48. The SMILES string of the molecule is COCCN1CCC[C@H](NC(=O)c2cccnc2)C1. The van der Waals surface area contributed by atoms with Gasteiger partial charge in [0.2, 0.25) is 0 Å². The zero-order valence-corrected chi connectivity index (χ0v) is 11.3. The van der Waals surface area contributed by atoms with Crippen LogP contribution >= 0.6 is 0 Å². The summed E-state index contributed by atoms with van der Waals surface area (Å²) >= 11 is 0. The highest BCUT2D eigenvalue weighted by molar-refractivity contribution is 5.94. The van der Waals surface area contributed by atoms with Crippen LogP contribution in [-0.4, -0.2) is 55.2 Å². The third-order valence-electron chi connectivity index (χ3n) is 3.38. The fourth-order valence-corrected chi connectivity index (χ4v) is 2.36. The molecule has 1 aliphatic heterocycles. The first-order valence-electron chi connectivity index (χ1n) is 6.72. The molecule has 2 heterocycles. The highest BCUT2D eigenvalue weighted by atomic mass is 16.5. The molecule has 0 bridgehead atoms. The van der Waals surface area contributed by atoms with Crippen LogP contribution in [0.5, 0.6) is 0 Å². The molecule has 0 unspecified atom stereocenters. The third-order valence-corrected chi connectivity index (χ3v) is 3.38. The van der Waals surface area contributed by atoms with E-state index in [0.717, 1.165) is 39.1 Å². The second-order valence-electron chi connectivity index (χ2n) is 4.85. The first-order chi connectivity index (χ1) is 9.29. The number of nitrogens with one attached hydrogen (secondary N) is 1. The second kappa shape index (κ2) is 7.21. The van der Waals surface area contributed by atoms with Crippen molar-refractivity contribution in [1.82, 2.24) is 15.2 Å². The van der Waals surface area contributed by atoms with Gasteiger partial charge in [-0.3, -0.25) is 14.7 Å². The summed E-state index contributed by atoms with van der Waals surface area (Å²) in [4.78, 5) is 18.3. The van der Waals surface area contributed by atoms with Crippen LogP contribution in [0.4, 0.5) is 0 Å². The molecule has 0 saturated carbocycles. The summed E-state index contributed by atoms with van der Waals surface area (Å²) in [5.41, 5.74) is 0.622. The van der Waals surface area contributed by atoms with Crippen LogP contribution < -0.4 is 5.32 Å². The van der Waals surface area contributed by atoms with Crippen LogP contribution in [0.25, 0.3) is 0 Å². The first kappa shape index (κ1) is 14.0. The summed E-state index contributed by atoms with van der Waals surface area (Å²) < 4.78 is 5.09. The molecular formula is C14H21N3O2. The van der Waals surface area contributed by atoms with Gasteiger partial charge in [0.15, 0.2) is 0 Å². The zero-order chi connectivity index (χ0) is 13.5. The van der Waals surface area contributed by atoms with Crippen LogP contribution in [0, 0.1) is 0 Å². The average molecular weight is 263 g/mol. The molecule has 1 saturated heterocycles. The highest BCUT2D eigenvalue weighted by Gasteiger charge is 2.21. The van der Waals surface area contributed by atoms with E-state index < -0.39 is 0 Å². The van der Waals surface area contributed by atoms with E-state index >= 15 is 0 Å². The molecule has 5 heteroatoms. The van der Waals surface area contributed by atoms with Crippen LogP contribution in [0.3, 0.4) is 0 Å². The molecule has 1 fully saturated rings. The van der Waals surface area contributed by atoms with Crippen molar-refractivity contribution in [3.05, 3.63) is 30.1 Å². The molecule has 1 N–H and O–H groups in total. The Morgan fingerprint density at radius 1 is 1.63 bits per heavy atom. The number of piperidine rings is 1. The number of rotatable bonds is 5. The van der Waals surface area contributed by atoms with Crippen LogP contribution in [0.1, 0.15) is 23.2 Å². The topological polar surface area (TPSA) is 54.5 Å². The van der Waals surface area contributed by atoms with Gasteiger partial charge in [-0.25, -0.2) is 0 Å². The van der Waals surface area contributed by atoms with Crippen molar-refractivity contribution in [2.24, 2.45) is 0 Å². The molecule has 0 aromatic carbocycles. The second-order valence-corrected chi connectivity index (χ2v) is 4.85. The lowest BCUT2D eigenvalue weighted by Gasteiger charge is -2.32. The van der Waals surface area contributed by atoms with Gasteiger partial charge < -0.3 is 10.1 Å². The monoisotopic (exact) mass is 263 g/mol. The number of pyridine rings is 1. The summed E-state index contributed by atoms with van der Waals surface area (Å²) in [6.45, 7) is 3.65. The van der Waals surface area contributed by atoms with E-state index in [1.54, 1.807) is 31.6 Å². The Balaban J connectivity index is 1.83.